The first-order chi connectivity index (χ1) is 8.15. The van der Waals surface area contributed by atoms with Gasteiger partial charge in [-0.3, -0.25) is 10.4 Å². The SMILES string of the molecule is CCCCN(CCCC)C(=NCC(C)C)NN. The maximum atomic E-state index is 5.58. The molecule has 0 radical (unpaired) electrons. The number of hydrazine groups is 1. The maximum absolute atomic E-state index is 5.58. The molecule has 0 aliphatic rings. The molecule has 0 bridgehead atoms. The van der Waals surface area contributed by atoms with E-state index in [0.29, 0.717) is 5.92 Å². The molecule has 17 heavy (non-hydrogen) atoms. The standard InChI is InChI=1S/C13H30N4/c1-5-7-9-17(10-8-6-2)13(16-14)15-11-12(3)4/h12H,5-11,14H2,1-4H3,(H,15,16). The van der Waals surface area contributed by atoms with Crippen LogP contribution in [0.5, 0.6) is 0 Å². The zero-order chi connectivity index (χ0) is 13.1. The van der Waals surface area contributed by atoms with Crippen molar-refractivity contribution in [3.8, 4) is 0 Å². The average molecular weight is 242 g/mol. The van der Waals surface area contributed by atoms with Crippen LogP contribution in [0.3, 0.4) is 0 Å². The minimum absolute atomic E-state index is 0.567. The van der Waals surface area contributed by atoms with E-state index in [1.807, 2.05) is 0 Å². The predicted octanol–water partition coefficient (Wildman–Crippen LogP) is 2.36. The van der Waals surface area contributed by atoms with E-state index >= 15 is 0 Å². The number of nitrogens with one attached hydrogen (secondary N) is 1. The molecule has 102 valence electrons. The van der Waals surface area contributed by atoms with Gasteiger partial charge in [0.2, 0.25) is 5.96 Å². The first-order valence-electron chi connectivity index (χ1n) is 6.91. The Hall–Kier alpha value is -0.770. The van der Waals surface area contributed by atoms with Crippen molar-refractivity contribution in [2.75, 3.05) is 19.6 Å². The minimum atomic E-state index is 0.567. The lowest BCUT2D eigenvalue weighted by molar-refractivity contribution is 0.383. The Kier molecular flexibility index (Phi) is 9.92. The van der Waals surface area contributed by atoms with Gasteiger partial charge in [-0.15, -0.1) is 0 Å². The minimum Gasteiger partial charge on any atom is -0.342 e. The number of aliphatic imine (C=N–C) groups is 1. The van der Waals surface area contributed by atoms with Gasteiger partial charge in [0.1, 0.15) is 0 Å². The molecule has 0 unspecified atom stereocenters. The fourth-order valence-electron chi connectivity index (χ4n) is 1.53. The highest BCUT2D eigenvalue weighted by Crippen LogP contribution is 2.01. The molecule has 0 aliphatic heterocycles. The van der Waals surface area contributed by atoms with Crippen LogP contribution in [0.25, 0.3) is 0 Å². The van der Waals surface area contributed by atoms with Gasteiger partial charge in [-0.1, -0.05) is 40.5 Å². The van der Waals surface area contributed by atoms with Crippen LogP contribution in [0.2, 0.25) is 0 Å². The number of nitrogens with zero attached hydrogens (tertiary/aromatic N) is 2. The Labute approximate surface area is 107 Å². The van der Waals surface area contributed by atoms with Crippen LogP contribution in [-0.4, -0.2) is 30.5 Å². The average Bonchev–Trinajstić information content (AvgIpc) is 2.31. The lowest BCUT2D eigenvalue weighted by Gasteiger charge is -2.25. The fourth-order valence-corrected chi connectivity index (χ4v) is 1.53. The van der Waals surface area contributed by atoms with E-state index < -0.39 is 0 Å². The zero-order valence-corrected chi connectivity index (χ0v) is 12.0. The molecule has 0 aromatic rings. The molecule has 0 fully saturated rings. The van der Waals surface area contributed by atoms with Crippen molar-refractivity contribution < 1.29 is 0 Å². The van der Waals surface area contributed by atoms with Crippen molar-refractivity contribution >= 4 is 5.96 Å². The Morgan fingerprint density at radius 1 is 1.18 bits per heavy atom. The highest BCUT2D eigenvalue weighted by Gasteiger charge is 2.09. The normalized spacial score (nSPS) is 12.0. The molecule has 0 aliphatic carbocycles. The lowest BCUT2D eigenvalue weighted by atomic mass is 10.2. The fraction of sp³-hybridized carbons (Fsp3) is 0.923. The van der Waals surface area contributed by atoms with Crippen molar-refractivity contribution in [1.82, 2.24) is 10.3 Å². The number of nitrogens with two attached hydrogens (primary N) is 1. The molecule has 0 amide bonds. The second-order valence-corrected chi connectivity index (χ2v) is 4.90. The number of hydrogen-bond donors (Lipinski definition) is 2. The molecule has 0 saturated heterocycles. The molecule has 4 heteroatoms. The highest BCUT2D eigenvalue weighted by molar-refractivity contribution is 5.79. The van der Waals surface area contributed by atoms with E-state index in [0.717, 1.165) is 25.6 Å². The van der Waals surface area contributed by atoms with Crippen molar-refractivity contribution in [3.05, 3.63) is 0 Å². The lowest BCUT2D eigenvalue weighted by Crippen LogP contribution is -2.46. The van der Waals surface area contributed by atoms with Gasteiger partial charge in [-0.05, 0) is 18.8 Å². The van der Waals surface area contributed by atoms with Gasteiger partial charge in [0.25, 0.3) is 0 Å². The molecule has 0 aromatic heterocycles. The van der Waals surface area contributed by atoms with E-state index in [1.165, 1.54) is 25.7 Å². The van der Waals surface area contributed by atoms with Crippen LogP contribution in [0.4, 0.5) is 0 Å². The maximum Gasteiger partial charge on any atom is 0.208 e. The summed E-state index contributed by atoms with van der Waals surface area (Å²) in [6.45, 7) is 11.7. The molecule has 0 rings (SSSR count). The van der Waals surface area contributed by atoms with E-state index in [1.54, 1.807) is 0 Å². The second-order valence-electron chi connectivity index (χ2n) is 4.90. The van der Waals surface area contributed by atoms with Crippen molar-refractivity contribution in [2.24, 2.45) is 16.8 Å². The molecule has 0 aromatic carbocycles. The van der Waals surface area contributed by atoms with Crippen LogP contribution < -0.4 is 11.3 Å². The Morgan fingerprint density at radius 3 is 2.06 bits per heavy atom. The van der Waals surface area contributed by atoms with Crippen LogP contribution >= 0.6 is 0 Å². The van der Waals surface area contributed by atoms with E-state index in [2.05, 4.69) is 43.0 Å². The summed E-state index contributed by atoms with van der Waals surface area (Å²) in [6, 6.07) is 0. The molecule has 0 atom stereocenters. The Bertz CT molecular complexity index is 194. The number of guanidine groups is 1. The third kappa shape index (κ3) is 8.02. The van der Waals surface area contributed by atoms with E-state index in [4.69, 9.17) is 5.84 Å². The van der Waals surface area contributed by atoms with Gasteiger partial charge in [0.15, 0.2) is 0 Å². The summed E-state index contributed by atoms with van der Waals surface area (Å²) in [4.78, 5) is 6.83. The molecule has 0 spiro atoms. The molecule has 4 nitrogen and oxygen atoms in total. The molecule has 0 saturated carbocycles. The largest absolute Gasteiger partial charge is 0.342 e. The summed E-state index contributed by atoms with van der Waals surface area (Å²) in [7, 11) is 0. The molecular weight excluding hydrogens is 212 g/mol. The zero-order valence-electron chi connectivity index (χ0n) is 12.0. The van der Waals surface area contributed by atoms with Gasteiger partial charge in [-0.2, -0.15) is 0 Å². The number of rotatable bonds is 8. The first kappa shape index (κ1) is 16.2. The Balaban J connectivity index is 4.41. The van der Waals surface area contributed by atoms with Crippen LogP contribution in [0.15, 0.2) is 4.99 Å². The van der Waals surface area contributed by atoms with Crippen molar-refractivity contribution in [1.29, 1.82) is 0 Å². The van der Waals surface area contributed by atoms with Crippen LogP contribution in [0.1, 0.15) is 53.4 Å². The van der Waals surface area contributed by atoms with Crippen LogP contribution in [-0.2, 0) is 0 Å². The van der Waals surface area contributed by atoms with Gasteiger partial charge in [0.05, 0.1) is 0 Å². The van der Waals surface area contributed by atoms with Gasteiger partial charge in [-0.25, -0.2) is 5.84 Å². The van der Waals surface area contributed by atoms with Gasteiger partial charge in [0, 0.05) is 19.6 Å². The number of hydrogen-bond acceptors (Lipinski definition) is 2. The summed E-state index contributed by atoms with van der Waals surface area (Å²) in [5, 5.41) is 0. The topological polar surface area (TPSA) is 53.6 Å². The Morgan fingerprint density at radius 2 is 1.71 bits per heavy atom. The first-order valence-corrected chi connectivity index (χ1v) is 6.91. The molecular formula is C13H30N4. The second kappa shape index (κ2) is 10.4. The smallest absolute Gasteiger partial charge is 0.208 e. The van der Waals surface area contributed by atoms with Gasteiger partial charge < -0.3 is 4.90 Å². The molecule has 3 N–H and O–H groups in total. The predicted molar refractivity (Wildman–Crippen MR) is 75.9 cm³/mol. The van der Waals surface area contributed by atoms with Gasteiger partial charge >= 0.3 is 0 Å². The summed E-state index contributed by atoms with van der Waals surface area (Å²) in [5.41, 5.74) is 2.75. The summed E-state index contributed by atoms with van der Waals surface area (Å²) >= 11 is 0. The third-order valence-electron chi connectivity index (χ3n) is 2.60. The van der Waals surface area contributed by atoms with E-state index in [-0.39, 0.29) is 0 Å². The number of unbranched alkanes of at least 4 members (excludes halogenated alkanes) is 2. The van der Waals surface area contributed by atoms with Crippen molar-refractivity contribution in [2.45, 2.75) is 53.4 Å². The van der Waals surface area contributed by atoms with E-state index in [9.17, 15) is 0 Å². The monoisotopic (exact) mass is 242 g/mol. The summed E-state index contributed by atoms with van der Waals surface area (Å²) in [5.74, 6) is 7.00. The summed E-state index contributed by atoms with van der Waals surface area (Å²) in [6.07, 6.45) is 4.77. The van der Waals surface area contributed by atoms with Crippen LogP contribution in [0, 0.1) is 5.92 Å². The third-order valence-corrected chi connectivity index (χ3v) is 2.60. The quantitative estimate of drug-likeness (QED) is 0.297. The summed E-state index contributed by atoms with van der Waals surface area (Å²) < 4.78 is 0. The van der Waals surface area contributed by atoms with Crippen molar-refractivity contribution in [3.63, 3.8) is 0 Å². The highest BCUT2D eigenvalue weighted by atomic mass is 15.4. The molecule has 0 heterocycles.